The van der Waals surface area contributed by atoms with Crippen LogP contribution in [-0.2, 0) is 16.6 Å². The molecule has 1 unspecified atom stereocenters. The van der Waals surface area contributed by atoms with Crippen LogP contribution in [0.25, 0.3) is 0 Å². The maximum Gasteiger partial charge on any atom is 0.289 e. The number of anilines is 1. The van der Waals surface area contributed by atoms with Gasteiger partial charge in [0.2, 0.25) is 0 Å². The highest BCUT2D eigenvalue weighted by Crippen LogP contribution is 2.20. The molecule has 5 nitrogen and oxygen atoms in total. The Morgan fingerprint density at radius 1 is 0.931 bits per heavy atom. The minimum absolute atomic E-state index is 0.166. The largest absolute Gasteiger partial charge is 0.455 e. The first-order valence-corrected chi connectivity index (χ1v) is 10.7. The van der Waals surface area contributed by atoms with Crippen molar-refractivity contribution in [2.45, 2.75) is 10.6 Å². The van der Waals surface area contributed by atoms with Crippen LogP contribution in [0.3, 0.4) is 0 Å². The summed E-state index contributed by atoms with van der Waals surface area (Å²) in [6.45, 7) is 2.45. The predicted molar refractivity (Wildman–Crippen MR) is 110 cm³/mol. The Bertz CT molecular complexity index is 996. The van der Waals surface area contributed by atoms with Crippen molar-refractivity contribution in [3.05, 3.63) is 84.1 Å². The van der Waals surface area contributed by atoms with Crippen LogP contribution in [-0.4, -0.2) is 41.2 Å². The van der Waals surface area contributed by atoms with Gasteiger partial charge in [-0.25, -0.2) is 4.39 Å². The van der Waals surface area contributed by atoms with E-state index in [1.807, 2.05) is 30.3 Å². The standard InChI is InChI=1S/C22H21FN2O3S/c23-17-6-8-18(9-7-17)24-12-14-25(15-13-24)22(26)21-11-10-19(28-21)16-29(27)20-4-2-1-3-5-20/h1-11H,12-16H2. The second kappa shape index (κ2) is 8.61. The molecule has 0 spiro atoms. The molecule has 1 fully saturated rings. The molecule has 4 rings (SSSR count). The molecular weight excluding hydrogens is 391 g/mol. The van der Waals surface area contributed by atoms with Crippen molar-refractivity contribution < 1.29 is 17.8 Å². The van der Waals surface area contributed by atoms with E-state index in [0.717, 1.165) is 10.6 Å². The fraction of sp³-hybridized carbons (Fsp3) is 0.227. The van der Waals surface area contributed by atoms with E-state index < -0.39 is 10.8 Å². The van der Waals surface area contributed by atoms with E-state index in [4.69, 9.17) is 4.42 Å². The summed E-state index contributed by atoms with van der Waals surface area (Å²) in [6.07, 6.45) is 0. The first-order valence-electron chi connectivity index (χ1n) is 9.42. The van der Waals surface area contributed by atoms with E-state index in [-0.39, 0.29) is 23.2 Å². The number of hydrogen-bond acceptors (Lipinski definition) is 4. The summed E-state index contributed by atoms with van der Waals surface area (Å²) >= 11 is 0. The fourth-order valence-electron chi connectivity index (χ4n) is 3.33. The van der Waals surface area contributed by atoms with Crippen LogP contribution < -0.4 is 4.90 Å². The van der Waals surface area contributed by atoms with Crippen LogP contribution >= 0.6 is 0 Å². The summed E-state index contributed by atoms with van der Waals surface area (Å²) in [6, 6.07) is 18.9. The highest BCUT2D eigenvalue weighted by molar-refractivity contribution is 7.84. The zero-order valence-electron chi connectivity index (χ0n) is 15.8. The zero-order valence-corrected chi connectivity index (χ0v) is 16.6. The molecule has 1 aliphatic heterocycles. The maximum absolute atomic E-state index is 13.1. The zero-order chi connectivity index (χ0) is 20.2. The predicted octanol–water partition coefficient (Wildman–Crippen LogP) is 3.69. The van der Waals surface area contributed by atoms with Crippen LogP contribution in [0.2, 0.25) is 0 Å². The molecule has 0 saturated carbocycles. The van der Waals surface area contributed by atoms with Gasteiger partial charge < -0.3 is 14.2 Å². The van der Waals surface area contributed by atoms with E-state index in [1.54, 1.807) is 29.2 Å². The minimum atomic E-state index is -1.22. The number of carbonyl (C=O) groups excluding carboxylic acids is 1. The second-order valence-corrected chi connectivity index (χ2v) is 8.28. The van der Waals surface area contributed by atoms with E-state index >= 15 is 0 Å². The van der Waals surface area contributed by atoms with Crippen molar-refractivity contribution in [2.75, 3.05) is 31.1 Å². The molecule has 1 saturated heterocycles. The van der Waals surface area contributed by atoms with Gasteiger partial charge >= 0.3 is 0 Å². The van der Waals surface area contributed by atoms with Crippen LogP contribution in [0, 0.1) is 5.82 Å². The average Bonchev–Trinajstić information content (AvgIpc) is 3.23. The van der Waals surface area contributed by atoms with Gasteiger partial charge in [0, 0.05) is 36.8 Å². The van der Waals surface area contributed by atoms with Crippen molar-refractivity contribution in [2.24, 2.45) is 0 Å². The van der Waals surface area contributed by atoms with Gasteiger partial charge in [-0.1, -0.05) is 18.2 Å². The number of benzene rings is 2. The second-order valence-electron chi connectivity index (χ2n) is 6.82. The lowest BCUT2D eigenvalue weighted by Gasteiger charge is -2.35. The molecule has 1 atom stereocenters. The molecular formula is C22H21FN2O3S. The normalized spacial score (nSPS) is 15.3. The molecule has 7 heteroatoms. The number of carbonyl (C=O) groups is 1. The first-order chi connectivity index (χ1) is 14.1. The van der Waals surface area contributed by atoms with Gasteiger partial charge in [0.15, 0.2) is 5.76 Å². The van der Waals surface area contributed by atoms with Crippen molar-refractivity contribution in [1.29, 1.82) is 0 Å². The van der Waals surface area contributed by atoms with Gasteiger partial charge in [0.25, 0.3) is 5.91 Å². The van der Waals surface area contributed by atoms with Crippen molar-refractivity contribution in [3.8, 4) is 0 Å². The third kappa shape index (κ3) is 4.56. The third-order valence-electron chi connectivity index (χ3n) is 4.91. The Morgan fingerprint density at radius 3 is 2.31 bits per heavy atom. The highest BCUT2D eigenvalue weighted by Gasteiger charge is 2.24. The number of hydrogen-bond donors (Lipinski definition) is 0. The molecule has 0 radical (unpaired) electrons. The number of rotatable bonds is 5. The van der Waals surface area contributed by atoms with Crippen LogP contribution in [0.1, 0.15) is 16.3 Å². The van der Waals surface area contributed by atoms with Gasteiger partial charge in [0.05, 0.1) is 16.6 Å². The van der Waals surface area contributed by atoms with E-state index in [2.05, 4.69) is 4.90 Å². The number of amides is 1. The fourth-order valence-corrected chi connectivity index (χ4v) is 4.37. The Labute approximate surface area is 171 Å². The number of furan rings is 1. The number of halogens is 1. The lowest BCUT2D eigenvalue weighted by Crippen LogP contribution is -2.48. The molecule has 2 aromatic carbocycles. The monoisotopic (exact) mass is 412 g/mol. The average molecular weight is 412 g/mol. The molecule has 1 amide bonds. The molecule has 29 heavy (non-hydrogen) atoms. The summed E-state index contributed by atoms with van der Waals surface area (Å²) in [5, 5.41) is 0. The number of nitrogens with zero attached hydrogens (tertiary/aromatic N) is 2. The van der Waals surface area contributed by atoms with Crippen molar-refractivity contribution in [1.82, 2.24) is 4.90 Å². The van der Waals surface area contributed by atoms with Crippen LogP contribution in [0.4, 0.5) is 10.1 Å². The highest BCUT2D eigenvalue weighted by atomic mass is 32.2. The summed E-state index contributed by atoms with van der Waals surface area (Å²) < 4.78 is 31.2. The Morgan fingerprint density at radius 2 is 1.62 bits per heavy atom. The van der Waals surface area contributed by atoms with E-state index in [1.165, 1.54) is 12.1 Å². The minimum Gasteiger partial charge on any atom is -0.455 e. The lowest BCUT2D eigenvalue weighted by atomic mass is 10.2. The molecule has 1 aliphatic rings. The topological polar surface area (TPSA) is 53.8 Å². The van der Waals surface area contributed by atoms with Crippen molar-refractivity contribution in [3.63, 3.8) is 0 Å². The van der Waals surface area contributed by atoms with Gasteiger partial charge in [0.1, 0.15) is 11.6 Å². The quantitative estimate of drug-likeness (QED) is 0.641. The Hall–Kier alpha value is -2.93. The summed E-state index contributed by atoms with van der Waals surface area (Å²) in [5.74, 6) is 0.598. The molecule has 0 N–H and O–H groups in total. The van der Waals surface area contributed by atoms with E-state index in [9.17, 15) is 13.4 Å². The van der Waals surface area contributed by atoms with Gasteiger partial charge in [-0.3, -0.25) is 9.00 Å². The van der Waals surface area contributed by atoms with Crippen molar-refractivity contribution >= 4 is 22.4 Å². The molecule has 1 aromatic heterocycles. The summed E-state index contributed by atoms with van der Waals surface area (Å²) in [4.78, 5) is 17.3. The SMILES string of the molecule is O=C(c1ccc(CS(=O)c2ccccc2)o1)N1CCN(c2ccc(F)cc2)CC1. The van der Waals surface area contributed by atoms with Gasteiger partial charge in [-0.2, -0.15) is 0 Å². The van der Waals surface area contributed by atoms with E-state index in [0.29, 0.717) is 31.9 Å². The van der Waals surface area contributed by atoms with Crippen LogP contribution in [0.15, 0.2) is 76.0 Å². The van der Waals surface area contributed by atoms with Gasteiger partial charge in [-0.15, -0.1) is 0 Å². The Kier molecular flexibility index (Phi) is 5.76. The third-order valence-corrected chi connectivity index (χ3v) is 6.26. The first kappa shape index (κ1) is 19.4. The summed E-state index contributed by atoms with van der Waals surface area (Å²) in [5.41, 5.74) is 0.946. The van der Waals surface area contributed by atoms with Gasteiger partial charge in [-0.05, 0) is 48.5 Å². The van der Waals surface area contributed by atoms with Crippen LogP contribution in [0.5, 0.6) is 0 Å². The maximum atomic E-state index is 13.1. The molecule has 0 bridgehead atoms. The lowest BCUT2D eigenvalue weighted by molar-refractivity contribution is 0.0713. The smallest absolute Gasteiger partial charge is 0.289 e. The molecule has 2 heterocycles. The molecule has 3 aromatic rings. The molecule has 0 aliphatic carbocycles. The summed E-state index contributed by atoms with van der Waals surface area (Å²) in [7, 11) is -1.22. The Balaban J connectivity index is 1.35. The molecule has 150 valence electrons. The number of piperazine rings is 1.